The van der Waals surface area contributed by atoms with Gasteiger partial charge in [0.1, 0.15) is 0 Å². The summed E-state index contributed by atoms with van der Waals surface area (Å²) in [5.74, 6) is 0. The molecule has 0 unspecified atom stereocenters. The number of hydrogen-bond donors (Lipinski definition) is 0. The molecule has 0 amide bonds. The molecular weight excluding hydrogens is 322 g/mol. The van der Waals surface area contributed by atoms with E-state index in [2.05, 4.69) is 18.7 Å². The Kier molecular flexibility index (Phi) is 4.95. The minimum absolute atomic E-state index is 0.227. The first-order valence-corrected chi connectivity index (χ1v) is 10.1. The van der Waals surface area contributed by atoms with Crippen molar-refractivity contribution in [3.8, 4) is 6.07 Å². The summed E-state index contributed by atoms with van der Waals surface area (Å²) in [6, 6.07) is 9.68. The predicted octanol–water partition coefficient (Wildman–Crippen LogP) is 2.58. The van der Waals surface area contributed by atoms with Crippen LogP contribution in [0.25, 0.3) is 0 Å². The molecule has 3 rings (SSSR count). The lowest BCUT2D eigenvalue weighted by atomic mass is 10.0. The molecule has 0 bridgehead atoms. The average molecular weight is 347 g/mol. The zero-order chi connectivity index (χ0) is 17.3. The summed E-state index contributed by atoms with van der Waals surface area (Å²) in [7, 11) is -3.54. The molecule has 3 atom stereocenters. The van der Waals surface area contributed by atoms with E-state index in [-0.39, 0.29) is 4.90 Å². The Bertz CT molecular complexity index is 731. The summed E-state index contributed by atoms with van der Waals surface area (Å²) in [6.45, 7) is 5.60. The molecule has 2 aliphatic heterocycles. The minimum atomic E-state index is -3.54. The van der Waals surface area contributed by atoms with Crippen LogP contribution in [0.4, 0.5) is 0 Å². The fourth-order valence-corrected chi connectivity index (χ4v) is 5.75. The molecule has 2 heterocycles. The van der Waals surface area contributed by atoms with Crippen LogP contribution in [0.3, 0.4) is 0 Å². The van der Waals surface area contributed by atoms with Gasteiger partial charge in [-0.2, -0.15) is 9.57 Å². The van der Waals surface area contributed by atoms with E-state index in [9.17, 15) is 8.42 Å². The minimum Gasteiger partial charge on any atom is -0.294 e. The van der Waals surface area contributed by atoms with Crippen molar-refractivity contribution in [2.75, 3.05) is 13.1 Å². The van der Waals surface area contributed by atoms with Crippen LogP contribution >= 0.6 is 0 Å². The quantitative estimate of drug-likeness (QED) is 0.843. The van der Waals surface area contributed by atoms with Crippen molar-refractivity contribution in [1.82, 2.24) is 9.21 Å². The third kappa shape index (κ3) is 3.21. The number of nitrogens with zero attached hydrogens (tertiary/aromatic N) is 3. The van der Waals surface area contributed by atoms with E-state index in [0.717, 1.165) is 12.8 Å². The standard InChI is InChI=1S/C18H25N3O2S/c1-14-8-9-15(2)21(14)17-6-4-10-20(13-17)24(22,23)18-7-3-5-16(11-18)12-19/h3,5,7,11,14-15,17H,4,6,8-10,13H2,1-2H3/t14-,15-,17+/m1/s1. The van der Waals surface area contributed by atoms with Crippen molar-refractivity contribution in [2.24, 2.45) is 0 Å². The van der Waals surface area contributed by atoms with Crippen LogP contribution in [0.5, 0.6) is 0 Å². The lowest BCUT2D eigenvalue weighted by Gasteiger charge is -2.41. The summed E-state index contributed by atoms with van der Waals surface area (Å²) in [4.78, 5) is 2.73. The molecule has 0 radical (unpaired) electrons. The molecule has 130 valence electrons. The Labute approximate surface area is 144 Å². The summed E-state index contributed by atoms with van der Waals surface area (Å²) in [5.41, 5.74) is 0.381. The van der Waals surface area contributed by atoms with Gasteiger partial charge >= 0.3 is 0 Å². The molecule has 1 aromatic rings. The normalized spacial score (nSPS) is 29.5. The van der Waals surface area contributed by atoms with Crippen molar-refractivity contribution in [1.29, 1.82) is 5.26 Å². The number of benzene rings is 1. The van der Waals surface area contributed by atoms with Crippen LogP contribution < -0.4 is 0 Å². The summed E-state index contributed by atoms with van der Waals surface area (Å²) < 4.78 is 27.6. The number of likely N-dealkylation sites (tertiary alicyclic amines) is 1. The van der Waals surface area contributed by atoms with E-state index in [1.807, 2.05) is 6.07 Å². The Morgan fingerprint density at radius 1 is 1.17 bits per heavy atom. The van der Waals surface area contributed by atoms with Crippen LogP contribution in [0.15, 0.2) is 29.2 Å². The van der Waals surface area contributed by atoms with E-state index in [1.165, 1.54) is 18.9 Å². The maximum Gasteiger partial charge on any atom is 0.243 e. The van der Waals surface area contributed by atoms with E-state index in [0.29, 0.717) is 36.8 Å². The van der Waals surface area contributed by atoms with Crippen LogP contribution in [0.1, 0.15) is 45.1 Å². The highest BCUT2D eigenvalue weighted by atomic mass is 32.2. The van der Waals surface area contributed by atoms with Gasteiger partial charge in [-0.25, -0.2) is 8.42 Å². The average Bonchev–Trinajstić information content (AvgIpc) is 2.93. The Hall–Kier alpha value is -1.42. The van der Waals surface area contributed by atoms with Gasteiger partial charge in [0.25, 0.3) is 0 Å². The zero-order valence-corrected chi connectivity index (χ0v) is 15.2. The molecule has 24 heavy (non-hydrogen) atoms. The number of sulfonamides is 1. The fraction of sp³-hybridized carbons (Fsp3) is 0.611. The highest BCUT2D eigenvalue weighted by molar-refractivity contribution is 7.89. The smallest absolute Gasteiger partial charge is 0.243 e. The van der Waals surface area contributed by atoms with Crippen LogP contribution in [-0.2, 0) is 10.0 Å². The SMILES string of the molecule is C[C@@H]1CC[C@@H](C)N1[C@H]1CCCN(S(=O)(=O)c2cccc(C#N)c2)C1. The molecule has 2 saturated heterocycles. The summed E-state index contributed by atoms with van der Waals surface area (Å²) in [6.07, 6.45) is 4.32. The Morgan fingerprint density at radius 2 is 1.88 bits per heavy atom. The molecule has 0 spiro atoms. The first kappa shape index (κ1) is 17.4. The van der Waals surface area contributed by atoms with Crippen molar-refractivity contribution >= 4 is 10.0 Å². The molecular formula is C18H25N3O2S. The van der Waals surface area contributed by atoms with Gasteiger partial charge in [0.2, 0.25) is 10.0 Å². The second kappa shape index (κ2) is 6.83. The third-order valence-electron chi connectivity index (χ3n) is 5.40. The maximum absolute atomic E-state index is 13.0. The maximum atomic E-state index is 13.0. The third-order valence-corrected chi connectivity index (χ3v) is 7.26. The molecule has 2 aliphatic rings. The molecule has 2 fully saturated rings. The summed E-state index contributed by atoms with van der Waals surface area (Å²) in [5, 5.41) is 9.02. The van der Waals surface area contributed by atoms with Gasteiger partial charge in [0.05, 0.1) is 16.5 Å². The van der Waals surface area contributed by atoms with Gasteiger partial charge in [0, 0.05) is 31.2 Å². The van der Waals surface area contributed by atoms with Crippen molar-refractivity contribution in [2.45, 2.75) is 62.6 Å². The van der Waals surface area contributed by atoms with Crippen molar-refractivity contribution < 1.29 is 8.42 Å². The zero-order valence-electron chi connectivity index (χ0n) is 14.4. The van der Waals surface area contributed by atoms with Crippen molar-refractivity contribution in [3.63, 3.8) is 0 Å². The number of nitriles is 1. The number of hydrogen-bond acceptors (Lipinski definition) is 4. The van der Waals surface area contributed by atoms with Gasteiger partial charge in [-0.05, 0) is 57.7 Å². The second-order valence-electron chi connectivity index (χ2n) is 7.02. The Morgan fingerprint density at radius 3 is 2.54 bits per heavy atom. The lowest BCUT2D eigenvalue weighted by Crippen LogP contribution is -2.52. The topological polar surface area (TPSA) is 64.4 Å². The van der Waals surface area contributed by atoms with E-state index >= 15 is 0 Å². The molecule has 0 aromatic heterocycles. The van der Waals surface area contributed by atoms with E-state index in [4.69, 9.17) is 5.26 Å². The first-order chi connectivity index (χ1) is 11.4. The molecule has 1 aromatic carbocycles. The monoisotopic (exact) mass is 347 g/mol. The van der Waals surface area contributed by atoms with Gasteiger partial charge in [-0.15, -0.1) is 0 Å². The van der Waals surface area contributed by atoms with Crippen LogP contribution in [0, 0.1) is 11.3 Å². The predicted molar refractivity (Wildman–Crippen MR) is 92.9 cm³/mol. The largest absolute Gasteiger partial charge is 0.294 e. The van der Waals surface area contributed by atoms with Crippen LogP contribution in [-0.4, -0.2) is 48.8 Å². The highest BCUT2D eigenvalue weighted by Gasteiger charge is 2.38. The fourth-order valence-electron chi connectivity index (χ4n) is 4.19. The molecule has 0 aliphatic carbocycles. The summed E-state index contributed by atoms with van der Waals surface area (Å²) >= 11 is 0. The van der Waals surface area contributed by atoms with Gasteiger partial charge in [0.15, 0.2) is 0 Å². The molecule has 0 saturated carbocycles. The molecule has 6 heteroatoms. The highest BCUT2D eigenvalue weighted by Crippen LogP contribution is 2.31. The van der Waals surface area contributed by atoms with Crippen molar-refractivity contribution in [3.05, 3.63) is 29.8 Å². The number of rotatable bonds is 3. The van der Waals surface area contributed by atoms with E-state index in [1.54, 1.807) is 22.5 Å². The second-order valence-corrected chi connectivity index (χ2v) is 8.96. The molecule has 5 nitrogen and oxygen atoms in total. The van der Waals surface area contributed by atoms with Gasteiger partial charge in [-0.3, -0.25) is 4.90 Å². The van der Waals surface area contributed by atoms with Crippen LogP contribution in [0.2, 0.25) is 0 Å². The Balaban J connectivity index is 1.82. The number of piperidine rings is 1. The lowest BCUT2D eigenvalue weighted by molar-refractivity contribution is 0.0979. The van der Waals surface area contributed by atoms with Gasteiger partial charge < -0.3 is 0 Å². The van der Waals surface area contributed by atoms with Gasteiger partial charge in [-0.1, -0.05) is 6.07 Å². The molecule has 0 N–H and O–H groups in total. The van der Waals surface area contributed by atoms with E-state index < -0.39 is 10.0 Å². The first-order valence-electron chi connectivity index (χ1n) is 8.71.